The Hall–Kier alpha value is -0.170. The third kappa shape index (κ3) is 2.87. The maximum atomic E-state index is 12.7. The average molecular weight is 277 g/mol. The van der Waals surface area contributed by atoms with Gasteiger partial charge in [0, 0.05) is 31.7 Å². The maximum Gasteiger partial charge on any atom is 0.282 e. The van der Waals surface area contributed by atoms with Gasteiger partial charge in [-0.05, 0) is 33.1 Å². The van der Waals surface area contributed by atoms with E-state index >= 15 is 0 Å². The van der Waals surface area contributed by atoms with Gasteiger partial charge in [0.15, 0.2) is 0 Å². The summed E-state index contributed by atoms with van der Waals surface area (Å²) < 4.78 is 28.4. The zero-order valence-corrected chi connectivity index (χ0v) is 12.8. The second-order valence-electron chi connectivity index (χ2n) is 5.49. The van der Waals surface area contributed by atoms with Crippen LogP contribution in [-0.4, -0.2) is 48.7 Å². The Bertz CT molecular complexity index is 366. The molecule has 1 fully saturated rings. The highest BCUT2D eigenvalue weighted by molar-refractivity contribution is 7.86. The fourth-order valence-corrected chi connectivity index (χ4v) is 4.34. The van der Waals surface area contributed by atoms with Crippen molar-refractivity contribution < 1.29 is 8.42 Å². The first kappa shape index (κ1) is 15.9. The van der Waals surface area contributed by atoms with Crippen molar-refractivity contribution in [2.24, 2.45) is 5.73 Å². The van der Waals surface area contributed by atoms with Gasteiger partial charge in [0.05, 0.1) is 0 Å². The Morgan fingerprint density at radius 1 is 1.44 bits per heavy atom. The van der Waals surface area contributed by atoms with Crippen molar-refractivity contribution in [1.29, 1.82) is 0 Å². The molecule has 2 atom stereocenters. The normalized spacial score (nSPS) is 26.2. The topological polar surface area (TPSA) is 66.6 Å². The summed E-state index contributed by atoms with van der Waals surface area (Å²) in [7, 11) is -1.76. The van der Waals surface area contributed by atoms with Gasteiger partial charge in [-0.25, -0.2) is 0 Å². The van der Waals surface area contributed by atoms with Gasteiger partial charge in [0.25, 0.3) is 10.2 Å². The van der Waals surface area contributed by atoms with Crippen molar-refractivity contribution in [1.82, 2.24) is 8.61 Å². The first-order valence-corrected chi connectivity index (χ1v) is 8.15. The highest BCUT2D eigenvalue weighted by atomic mass is 32.2. The molecule has 0 radical (unpaired) electrons. The summed E-state index contributed by atoms with van der Waals surface area (Å²) in [5.74, 6) is 0. The first-order valence-electron chi connectivity index (χ1n) is 6.75. The van der Waals surface area contributed by atoms with Crippen molar-refractivity contribution in [2.75, 3.05) is 20.1 Å². The largest absolute Gasteiger partial charge is 0.329 e. The van der Waals surface area contributed by atoms with Gasteiger partial charge < -0.3 is 5.73 Å². The molecule has 0 aromatic heterocycles. The van der Waals surface area contributed by atoms with Crippen LogP contribution in [-0.2, 0) is 10.2 Å². The summed E-state index contributed by atoms with van der Waals surface area (Å²) in [6.45, 7) is 6.81. The highest BCUT2D eigenvalue weighted by Gasteiger charge is 2.40. The first-order chi connectivity index (χ1) is 8.29. The minimum Gasteiger partial charge on any atom is -0.329 e. The van der Waals surface area contributed by atoms with E-state index in [9.17, 15) is 8.42 Å². The molecule has 0 spiro atoms. The number of nitrogens with zero attached hydrogens (tertiary/aromatic N) is 2. The molecule has 18 heavy (non-hydrogen) atoms. The number of hydrogen-bond acceptors (Lipinski definition) is 3. The minimum absolute atomic E-state index is 0.0880. The number of hydrogen-bond donors (Lipinski definition) is 1. The minimum atomic E-state index is -3.41. The van der Waals surface area contributed by atoms with E-state index in [2.05, 4.69) is 0 Å². The van der Waals surface area contributed by atoms with Crippen LogP contribution in [0, 0.1) is 0 Å². The van der Waals surface area contributed by atoms with Crippen LogP contribution in [0.2, 0.25) is 0 Å². The Balaban J connectivity index is 2.98. The third-order valence-corrected chi connectivity index (χ3v) is 6.61. The van der Waals surface area contributed by atoms with Crippen LogP contribution in [0.5, 0.6) is 0 Å². The Labute approximate surface area is 112 Å². The van der Waals surface area contributed by atoms with Crippen molar-refractivity contribution in [3.63, 3.8) is 0 Å². The fourth-order valence-electron chi connectivity index (χ4n) is 2.35. The van der Waals surface area contributed by atoms with E-state index in [0.29, 0.717) is 19.5 Å². The van der Waals surface area contributed by atoms with E-state index in [0.717, 1.165) is 19.3 Å². The molecule has 6 heteroatoms. The predicted molar refractivity (Wildman–Crippen MR) is 74.5 cm³/mol. The number of likely N-dealkylation sites (N-methyl/N-ethyl adjacent to an activating group) is 1. The smallest absolute Gasteiger partial charge is 0.282 e. The summed E-state index contributed by atoms with van der Waals surface area (Å²) in [4.78, 5) is 0. The molecule has 1 saturated heterocycles. The number of nitrogens with two attached hydrogens (primary N) is 1. The molecule has 2 unspecified atom stereocenters. The van der Waals surface area contributed by atoms with Gasteiger partial charge in [-0.1, -0.05) is 13.3 Å². The lowest BCUT2D eigenvalue weighted by atomic mass is 10.00. The van der Waals surface area contributed by atoms with Crippen molar-refractivity contribution in [3.05, 3.63) is 0 Å². The summed E-state index contributed by atoms with van der Waals surface area (Å²) in [5.41, 5.74) is 5.25. The molecule has 0 amide bonds. The highest BCUT2D eigenvalue weighted by Crippen LogP contribution is 2.27. The predicted octanol–water partition coefficient (Wildman–Crippen LogP) is 1.16. The second-order valence-corrected chi connectivity index (χ2v) is 7.40. The molecule has 0 bridgehead atoms. The fraction of sp³-hybridized carbons (Fsp3) is 1.00. The zero-order chi connectivity index (χ0) is 14.0. The number of piperidine rings is 1. The third-order valence-electron chi connectivity index (χ3n) is 4.35. The van der Waals surface area contributed by atoms with E-state index in [1.54, 1.807) is 11.4 Å². The SMILES string of the molecule is CCC(C)(CN)N(C)S(=O)(=O)N1CCCCC1C. The van der Waals surface area contributed by atoms with Gasteiger partial charge >= 0.3 is 0 Å². The van der Waals surface area contributed by atoms with Crippen molar-refractivity contribution in [2.45, 2.75) is 58.0 Å². The van der Waals surface area contributed by atoms with Crippen molar-refractivity contribution in [3.8, 4) is 0 Å². The van der Waals surface area contributed by atoms with Gasteiger partial charge in [-0.2, -0.15) is 17.0 Å². The molecular weight excluding hydrogens is 250 g/mol. The van der Waals surface area contributed by atoms with E-state index in [4.69, 9.17) is 5.73 Å². The Morgan fingerprint density at radius 2 is 2.06 bits per heavy atom. The van der Waals surface area contributed by atoms with E-state index in [-0.39, 0.29) is 6.04 Å². The standard InChI is InChI=1S/C12H27N3O2S/c1-5-12(3,10-13)14(4)18(16,17)15-9-7-6-8-11(15)2/h11H,5-10,13H2,1-4H3. The lowest BCUT2D eigenvalue weighted by molar-refractivity contribution is 0.196. The maximum absolute atomic E-state index is 12.7. The summed E-state index contributed by atoms with van der Waals surface area (Å²) in [6.07, 6.45) is 3.71. The summed E-state index contributed by atoms with van der Waals surface area (Å²) >= 11 is 0. The molecule has 0 aromatic rings. The lowest BCUT2D eigenvalue weighted by Crippen LogP contribution is -2.58. The second kappa shape index (κ2) is 5.86. The van der Waals surface area contributed by atoms with E-state index in [1.165, 1.54) is 4.31 Å². The molecule has 1 aliphatic heterocycles. The lowest BCUT2D eigenvalue weighted by Gasteiger charge is -2.42. The molecule has 1 heterocycles. The molecule has 0 aliphatic carbocycles. The molecule has 108 valence electrons. The Kier molecular flexibility index (Phi) is 5.17. The van der Waals surface area contributed by atoms with E-state index in [1.807, 2.05) is 20.8 Å². The van der Waals surface area contributed by atoms with Crippen LogP contribution in [0.15, 0.2) is 0 Å². The molecule has 0 saturated carbocycles. The van der Waals surface area contributed by atoms with Crippen LogP contribution in [0.1, 0.15) is 46.5 Å². The monoisotopic (exact) mass is 277 g/mol. The van der Waals surface area contributed by atoms with Crippen molar-refractivity contribution >= 4 is 10.2 Å². The molecule has 0 aromatic carbocycles. The summed E-state index contributed by atoms with van der Waals surface area (Å²) in [6, 6.07) is 0.0880. The molecule has 1 aliphatic rings. The van der Waals surface area contributed by atoms with Crippen LogP contribution < -0.4 is 5.73 Å². The van der Waals surface area contributed by atoms with Crippen LogP contribution in [0.25, 0.3) is 0 Å². The summed E-state index contributed by atoms with van der Waals surface area (Å²) in [5, 5.41) is 0. The van der Waals surface area contributed by atoms with E-state index < -0.39 is 15.7 Å². The average Bonchev–Trinajstić information content (AvgIpc) is 2.37. The van der Waals surface area contributed by atoms with Gasteiger partial charge in [0.1, 0.15) is 0 Å². The zero-order valence-electron chi connectivity index (χ0n) is 12.0. The van der Waals surface area contributed by atoms with Crippen LogP contribution in [0.4, 0.5) is 0 Å². The van der Waals surface area contributed by atoms with Crippen LogP contribution >= 0.6 is 0 Å². The van der Waals surface area contributed by atoms with Gasteiger partial charge in [0.2, 0.25) is 0 Å². The molecular formula is C12H27N3O2S. The quantitative estimate of drug-likeness (QED) is 0.820. The molecule has 5 nitrogen and oxygen atoms in total. The number of rotatable bonds is 5. The van der Waals surface area contributed by atoms with Crippen LogP contribution in [0.3, 0.4) is 0 Å². The molecule has 2 N–H and O–H groups in total. The molecule has 1 rings (SSSR count). The Morgan fingerprint density at radius 3 is 2.50 bits per heavy atom. The van der Waals surface area contributed by atoms with Gasteiger partial charge in [-0.3, -0.25) is 0 Å². The van der Waals surface area contributed by atoms with Gasteiger partial charge in [-0.15, -0.1) is 0 Å².